The molecule has 0 bridgehead atoms. The fraction of sp³-hybridized carbons (Fsp3) is 0.909. The van der Waals surface area contributed by atoms with Gasteiger partial charge < -0.3 is 15.7 Å². The van der Waals surface area contributed by atoms with Gasteiger partial charge in [0, 0.05) is 7.05 Å². The molecule has 0 aliphatic carbocycles. The zero-order valence-electron chi connectivity index (χ0n) is 10.3. The number of rotatable bonds is 6. The van der Waals surface area contributed by atoms with Gasteiger partial charge in [0.05, 0.1) is 18.2 Å². The van der Waals surface area contributed by atoms with E-state index in [0.717, 1.165) is 12.8 Å². The normalized spacial score (nSPS) is 13.7. The largest absolute Gasteiger partial charge is 0.394 e. The number of carbonyl (C=O) groups excluding carboxylic acids is 1. The third-order valence-electron chi connectivity index (χ3n) is 2.81. The van der Waals surface area contributed by atoms with Gasteiger partial charge in [-0.15, -0.1) is 0 Å². The van der Waals surface area contributed by atoms with Crippen molar-refractivity contribution in [3.63, 3.8) is 0 Å². The number of aliphatic hydroxyl groups is 1. The third-order valence-corrected chi connectivity index (χ3v) is 2.81. The van der Waals surface area contributed by atoms with Gasteiger partial charge in [-0.25, -0.2) is 0 Å². The summed E-state index contributed by atoms with van der Waals surface area (Å²) in [5, 5.41) is 9.14. The van der Waals surface area contributed by atoms with Crippen molar-refractivity contribution < 1.29 is 9.90 Å². The number of unbranched alkanes of at least 4 members (excludes halogenated alkanes) is 1. The van der Waals surface area contributed by atoms with E-state index in [1.807, 2.05) is 13.8 Å². The van der Waals surface area contributed by atoms with E-state index in [9.17, 15) is 4.79 Å². The summed E-state index contributed by atoms with van der Waals surface area (Å²) in [7, 11) is 1.68. The van der Waals surface area contributed by atoms with Crippen LogP contribution in [0.15, 0.2) is 0 Å². The van der Waals surface area contributed by atoms with Gasteiger partial charge in [-0.05, 0) is 20.3 Å². The van der Waals surface area contributed by atoms with Crippen LogP contribution in [-0.2, 0) is 4.79 Å². The molecule has 1 unspecified atom stereocenters. The highest BCUT2D eigenvalue weighted by molar-refractivity contribution is 5.82. The van der Waals surface area contributed by atoms with Crippen molar-refractivity contribution in [3.8, 4) is 0 Å². The molecule has 1 amide bonds. The van der Waals surface area contributed by atoms with Crippen LogP contribution in [0.3, 0.4) is 0 Å². The first-order valence-corrected chi connectivity index (χ1v) is 5.51. The quantitative estimate of drug-likeness (QED) is 0.688. The van der Waals surface area contributed by atoms with Crippen molar-refractivity contribution in [1.29, 1.82) is 0 Å². The molecule has 1 atom stereocenters. The van der Waals surface area contributed by atoms with E-state index in [2.05, 4.69) is 6.92 Å². The van der Waals surface area contributed by atoms with Crippen LogP contribution < -0.4 is 5.73 Å². The fourth-order valence-corrected chi connectivity index (χ4v) is 1.20. The topological polar surface area (TPSA) is 66.6 Å². The van der Waals surface area contributed by atoms with Crippen molar-refractivity contribution in [2.45, 2.75) is 51.6 Å². The summed E-state index contributed by atoms with van der Waals surface area (Å²) in [6.45, 7) is 5.64. The molecule has 15 heavy (non-hydrogen) atoms. The first kappa shape index (κ1) is 14.4. The molecule has 0 spiro atoms. The number of likely N-dealkylation sites (N-methyl/N-ethyl adjacent to an activating group) is 1. The smallest absolute Gasteiger partial charge is 0.239 e. The molecule has 0 saturated heterocycles. The van der Waals surface area contributed by atoms with Crippen molar-refractivity contribution in [1.82, 2.24) is 4.90 Å². The molecule has 0 saturated carbocycles. The van der Waals surface area contributed by atoms with E-state index in [4.69, 9.17) is 10.8 Å². The van der Waals surface area contributed by atoms with Gasteiger partial charge in [-0.1, -0.05) is 19.8 Å². The number of hydrogen-bond donors (Lipinski definition) is 2. The number of amides is 1. The molecule has 0 heterocycles. The minimum absolute atomic E-state index is 0.0598. The third kappa shape index (κ3) is 4.18. The van der Waals surface area contributed by atoms with E-state index in [1.165, 1.54) is 4.90 Å². The summed E-state index contributed by atoms with van der Waals surface area (Å²) >= 11 is 0. The van der Waals surface area contributed by atoms with Gasteiger partial charge in [0.15, 0.2) is 0 Å². The molecule has 4 nitrogen and oxygen atoms in total. The lowest BCUT2D eigenvalue weighted by molar-refractivity contribution is -0.137. The minimum Gasteiger partial charge on any atom is -0.394 e. The van der Waals surface area contributed by atoms with E-state index in [0.29, 0.717) is 6.42 Å². The molecule has 0 aliphatic rings. The Labute approximate surface area is 92.4 Å². The maximum absolute atomic E-state index is 11.8. The molecule has 3 N–H and O–H groups in total. The van der Waals surface area contributed by atoms with E-state index in [-0.39, 0.29) is 12.5 Å². The zero-order chi connectivity index (χ0) is 12.1. The van der Waals surface area contributed by atoms with Gasteiger partial charge in [-0.2, -0.15) is 0 Å². The van der Waals surface area contributed by atoms with Crippen LogP contribution in [0.4, 0.5) is 0 Å². The molecule has 0 aromatic rings. The second kappa shape index (κ2) is 6.08. The summed E-state index contributed by atoms with van der Waals surface area (Å²) in [6.07, 6.45) is 2.70. The van der Waals surface area contributed by atoms with E-state index in [1.54, 1.807) is 7.05 Å². The molecule has 0 aromatic carbocycles. The minimum atomic E-state index is -0.541. The number of aliphatic hydroxyl groups excluding tert-OH is 1. The Morgan fingerprint density at radius 3 is 2.47 bits per heavy atom. The number of hydrogen-bond acceptors (Lipinski definition) is 3. The Kier molecular flexibility index (Phi) is 5.83. The summed E-state index contributed by atoms with van der Waals surface area (Å²) in [6, 6.07) is -0.444. The molecular weight excluding hydrogens is 192 g/mol. The lowest BCUT2D eigenvalue weighted by Crippen LogP contribution is -2.53. The molecule has 0 aromatic heterocycles. The maximum Gasteiger partial charge on any atom is 0.239 e. The SMILES string of the molecule is CCCCC(N)C(=O)N(C)C(C)(C)CO. The highest BCUT2D eigenvalue weighted by Crippen LogP contribution is 2.13. The number of carbonyl (C=O) groups is 1. The van der Waals surface area contributed by atoms with Crippen LogP contribution in [0.2, 0.25) is 0 Å². The average Bonchev–Trinajstić information content (AvgIpc) is 2.23. The van der Waals surface area contributed by atoms with Crippen molar-refractivity contribution in [3.05, 3.63) is 0 Å². The van der Waals surface area contributed by atoms with Crippen LogP contribution in [0.25, 0.3) is 0 Å². The Hall–Kier alpha value is -0.610. The van der Waals surface area contributed by atoms with Crippen molar-refractivity contribution in [2.75, 3.05) is 13.7 Å². The standard InChI is InChI=1S/C11H24N2O2/c1-5-6-7-9(12)10(15)13(4)11(2,3)8-14/h9,14H,5-8,12H2,1-4H3. The van der Waals surface area contributed by atoms with Crippen LogP contribution >= 0.6 is 0 Å². The summed E-state index contributed by atoms with van der Waals surface area (Å²) in [5.74, 6) is -0.0949. The molecule has 0 rings (SSSR count). The second-order valence-corrected chi connectivity index (χ2v) is 4.62. The van der Waals surface area contributed by atoms with Gasteiger partial charge in [0.25, 0.3) is 0 Å². The molecule has 90 valence electrons. The maximum atomic E-state index is 11.8. The highest BCUT2D eigenvalue weighted by atomic mass is 16.3. The lowest BCUT2D eigenvalue weighted by atomic mass is 10.0. The van der Waals surface area contributed by atoms with Gasteiger partial charge in [-0.3, -0.25) is 4.79 Å². The Morgan fingerprint density at radius 1 is 1.53 bits per heavy atom. The van der Waals surface area contributed by atoms with Crippen LogP contribution in [0.1, 0.15) is 40.0 Å². The van der Waals surface area contributed by atoms with Crippen molar-refractivity contribution in [2.24, 2.45) is 5.73 Å². The van der Waals surface area contributed by atoms with Crippen LogP contribution in [0, 0.1) is 0 Å². The van der Waals surface area contributed by atoms with Gasteiger partial charge >= 0.3 is 0 Å². The number of nitrogens with two attached hydrogens (primary N) is 1. The fourth-order valence-electron chi connectivity index (χ4n) is 1.20. The first-order valence-electron chi connectivity index (χ1n) is 5.51. The van der Waals surface area contributed by atoms with Crippen LogP contribution in [0.5, 0.6) is 0 Å². The Morgan fingerprint density at radius 2 is 2.07 bits per heavy atom. The predicted molar refractivity (Wildman–Crippen MR) is 61.4 cm³/mol. The summed E-state index contributed by atoms with van der Waals surface area (Å²) in [5.41, 5.74) is 5.24. The first-order chi connectivity index (χ1) is 6.86. The van der Waals surface area contributed by atoms with Gasteiger partial charge in [0.1, 0.15) is 0 Å². The van der Waals surface area contributed by atoms with Crippen LogP contribution in [-0.4, -0.2) is 41.1 Å². The van der Waals surface area contributed by atoms with Crippen molar-refractivity contribution >= 4 is 5.91 Å². The molecular formula is C11H24N2O2. The highest BCUT2D eigenvalue weighted by Gasteiger charge is 2.29. The van der Waals surface area contributed by atoms with E-state index >= 15 is 0 Å². The molecule has 0 fully saturated rings. The summed E-state index contributed by atoms with van der Waals surface area (Å²) < 4.78 is 0. The Balaban J connectivity index is 4.31. The lowest BCUT2D eigenvalue weighted by Gasteiger charge is -2.35. The molecule has 4 heteroatoms. The summed E-state index contributed by atoms with van der Waals surface area (Å²) in [4.78, 5) is 13.4. The molecule has 0 aliphatic heterocycles. The Bertz CT molecular complexity index is 205. The van der Waals surface area contributed by atoms with E-state index < -0.39 is 11.6 Å². The average molecular weight is 216 g/mol. The molecule has 0 radical (unpaired) electrons. The monoisotopic (exact) mass is 216 g/mol. The number of nitrogens with zero attached hydrogens (tertiary/aromatic N) is 1. The van der Waals surface area contributed by atoms with Gasteiger partial charge in [0.2, 0.25) is 5.91 Å². The predicted octanol–water partition coefficient (Wildman–Crippen LogP) is 0.733. The zero-order valence-corrected chi connectivity index (χ0v) is 10.3. The second-order valence-electron chi connectivity index (χ2n) is 4.62.